The lowest BCUT2D eigenvalue weighted by Gasteiger charge is -2.22. The Morgan fingerprint density at radius 3 is 3.00 bits per heavy atom. The van der Waals surface area contributed by atoms with Crippen molar-refractivity contribution in [3.05, 3.63) is 46.2 Å². The van der Waals surface area contributed by atoms with Crippen LogP contribution >= 0.6 is 28.3 Å². The summed E-state index contributed by atoms with van der Waals surface area (Å²) >= 11 is 3.47. The van der Waals surface area contributed by atoms with Gasteiger partial charge in [-0.2, -0.15) is 5.10 Å². The van der Waals surface area contributed by atoms with Crippen molar-refractivity contribution >= 4 is 39.9 Å². The molecular weight excluding hydrogens is 380 g/mol. The minimum absolute atomic E-state index is 0. The maximum atomic E-state index is 12.4. The first kappa shape index (κ1) is 18.0. The number of carbonyl (C=O) groups is 1. The van der Waals surface area contributed by atoms with E-state index in [0.717, 1.165) is 41.7 Å². The highest BCUT2D eigenvalue weighted by molar-refractivity contribution is 9.10. The third kappa shape index (κ3) is 4.13. The van der Waals surface area contributed by atoms with E-state index in [4.69, 9.17) is 0 Å². The van der Waals surface area contributed by atoms with Gasteiger partial charge in [-0.25, -0.2) is 0 Å². The Labute approximate surface area is 150 Å². The van der Waals surface area contributed by atoms with Crippen molar-refractivity contribution in [2.24, 2.45) is 0 Å². The number of amides is 1. The molecule has 3 rings (SSSR count). The van der Waals surface area contributed by atoms with Gasteiger partial charge in [-0.1, -0.05) is 22.0 Å². The standard InChI is InChI=1S/C16H19BrN4O.ClH/c1-11-13(17)5-2-6-14(11)19-16(22)15-7-9-21(20-15)12-4-3-8-18-10-12;/h2,5-7,9,12,18H,3-4,8,10H2,1H3,(H,19,22);1H. The number of hydrogen-bond acceptors (Lipinski definition) is 3. The molecule has 1 aliphatic heterocycles. The fraction of sp³-hybridized carbons (Fsp3) is 0.375. The van der Waals surface area contributed by atoms with Crippen LogP contribution < -0.4 is 10.6 Å². The van der Waals surface area contributed by atoms with E-state index in [1.54, 1.807) is 6.07 Å². The molecule has 1 atom stereocenters. The van der Waals surface area contributed by atoms with Crippen LogP contribution in [0, 0.1) is 6.92 Å². The van der Waals surface area contributed by atoms with Crippen LogP contribution in [0.2, 0.25) is 0 Å². The summed E-state index contributed by atoms with van der Waals surface area (Å²) in [7, 11) is 0. The van der Waals surface area contributed by atoms with Crippen LogP contribution in [0.15, 0.2) is 34.9 Å². The summed E-state index contributed by atoms with van der Waals surface area (Å²) in [6.07, 6.45) is 4.13. The quantitative estimate of drug-likeness (QED) is 0.830. The van der Waals surface area contributed by atoms with Crippen molar-refractivity contribution < 1.29 is 4.79 Å². The van der Waals surface area contributed by atoms with Crippen molar-refractivity contribution in [3.8, 4) is 0 Å². The first-order valence-corrected chi connectivity index (χ1v) is 8.27. The monoisotopic (exact) mass is 398 g/mol. The highest BCUT2D eigenvalue weighted by atomic mass is 79.9. The Bertz CT molecular complexity index is 682. The van der Waals surface area contributed by atoms with Gasteiger partial charge in [0.15, 0.2) is 5.69 Å². The summed E-state index contributed by atoms with van der Waals surface area (Å²) in [5, 5.41) is 10.7. The van der Waals surface area contributed by atoms with E-state index in [2.05, 4.69) is 31.7 Å². The molecule has 5 nitrogen and oxygen atoms in total. The third-order valence-corrected chi connectivity index (χ3v) is 4.86. The van der Waals surface area contributed by atoms with Gasteiger partial charge in [0.25, 0.3) is 5.91 Å². The second kappa shape index (κ2) is 7.95. The normalized spacial score (nSPS) is 17.4. The summed E-state index contributed by atoms with van der Waals surface area (Å²) in [5.74, 6) is -0.177. The SMILES string of the molecule is Cc1c(Br)cccc1NC(=O)c1ccn(C2CCCNC2)n1.Cl. The molecule has 0 spiro atoms. The molecule has 1 amide bonds. The minimum atomic E-state index is -0.177. The molecule has 1 fully saturated rings. The zero-order chi connectivity index (χ0) is 15.5. The molecule has 1 aliphatic rings. The molecular formula is C16H20BrClN4O. The number of hydrogen-bond donors (Lipinski definition) is 2. The van der Waals surface area contributed by atoms with Crippen LogP contribution in [0.1, 0.15) is 34.9 Å². The molecule has 7 heteroatoms. The van der Waals surface area contributed by atoms with E-state index in [0.29, 0.717) is 11.7 Å². The third-order valence-electron chi connectivity index (χ3n) is 4.00. The highest BCUT2D eigenvalue weighted by Crippen LogP contribution is 2.24. The fourth-order valence-corrected chi connectivity index (χ4v) is 3.02. The molecule has 0 radical (unpaired) electrons. The summed E-state index contributed by atoms with van der Waals surface area (Å²) in [6, 6.07) is 7.86. The molecule has 0 saturated carbocycles. The van der Waals surface area contributed by atoms with Crippen LogP contribution in [0.3, 0.4) is 0 Å². The van der Waals surface area contributed by atoms with Crippen molar-refractivity contribution in [2.75, 3.05) is 18.4 Å². The number of benzene rings is 1. The molecule has 0 aliphatic carbocycles. The van der Waals surface area contributed by atoms with Crippen LogP contribution in [0.25, 0.3) is 0 Å². The number of rotatable bonds is 3. The summed E-state index contributed by atoms with van der Waals surface area (Å²) in [4.78, 5) is 12.4. The maximum Gasteiger partial charge on any atom is 0.276 e. The van der Waals surface area contributed by atoms with E-state index in [1.807, 2.05) is 36.0 Å². The number of nitrogens with one attached hydrogen (secondary N) is 2. The lowest BCUT2D eigenvalue weighted by atomic mass is 10.1. The molecule has 23 heavy (non-hydrogen) atoms. The van der Waals surface area contributed by atoms with E-state index in [1.165, 1.54) is 0 Å². The van der Waals surface area contributed by atoms with Crippen LogP contribution in [0.4, 0.5) is 5.69 Å². The molecule has 2 heterocycles. The number of nitrogens with zero attached hydrogens (tertiary/aromatic N) is 2. The van der Waals surface area contributed by atoms with Gasteiger partial charge in [0, 0.05) is 22.9 Å². The van der Waals surface area contributed by atoms with Gasteiger partial charge >= 0.3 is 0 Å². The van der Waals surface area contributed by atoms with Crippen LogP contribution in [-0.4, -0.2) is 28.8 Å². The number of piperidine rings is 1. The lowest BCUT2D eigenvalue weighted by molar-refractivity contribution is 0.102. The van der Waals surface area contributed by atoms with Gasteiger partial charge in [-0.15, -0.1) is 12.4 Å². The Kier molecular flexibility index (Phi) is 6.21. The zero-order valence-corrected chi connectivity index (χ0v) is 15.3. The number of aromatic nitrogens is 2. The average molecular weight is 400 g/mol. The van der Waals surface area contributed by atoms with E-state index in [-0.39, 0.29) is 18.3 Å². The van der Waals surface area contributed by atoms with Gasteiger partial charge in [-0.3, -0.25) is 9.48 Å². The molecule has 124 valence electrons. The molecule has 1 aromatic heterocycles. The van der Waals surface area contributed by atoms with E-state index >= 15 is 0 Å². The summed E-state index contributed by atoms with van der Waals surface area (Å²) in [6.45, 7) is 3.94. The Morgan fingerprint density at radius 1 is 1.43 bits per heavy atom. The lowest BCUT2D eigenvalue weighted by Crippen LogP contribution is -2.32. The molecule has 0 bridgehead atoms. The Hall–Kier alpha value is -1.37. The Morgan fingerprint density at radius 2 is 2.26 bits per heavy atom. The second-order valence-corrected chi connectivity index (χ2v) is 6.40. The zero-order valence-electron chi connectivity index (χ0n) is 12.9. The van der Waals surface area contributed by atoms with E-state index < -0.39 is 0 Å². The fourth-order valence-electron chi connectivity index (χ4n) is 2.65. The van der Waals surface area contributed by atoms with Crippen molar-refractivity contribution in [1.29, 1.82) is 0 Å². The first-order chi connectivity index (χ1) is 10.6. The van der Waals surface area contributed by atoms with Crippen LogP contribution in [-0.2, 0) is 0 Å². The van der Waals surface area contributed by atoms with E-state index in [9.17, 15) is 4.79 Å². The molecule has 1 unspecified atom stereocenters. The minimum Gasteiger partial charge on any atom is -0.320 e. The summed E-state index contributed by atoms with van der Waals surface area (Å²) < 4.78 is 2.87. The van der Waals surface area contributed by atoms with Gasteiger partial charge < -0.3 is 10.6 Å². The number of halogens is 2. The van der Waals surface area contributed by atoms with Crippen molar-refractivity contribution in [1.82, 2.24) is 15.1 Å². The number of anilines is 1. The van der Waals surface area contributed by atoms with Crippen molar-refractivity contribution in [2.45, 2.75) is 25.8 Å². The molecule has 2 aromatic rings. The molecule has 2 N–H and O–H groups in total. The topological polar surface area (TPSA) is 59.0 Å². The summed E-state index contributed by atoms with van der Waals surface area (Å²) in [5.41, 5.74) is 2.25. The van der Waals surface area contributed by atoms with Gasteiger partial charge in [0.2, 0.25) is 0 Å². The number of carbonyl (C=O) groups excluding carboxylic acids is 1. The predicted molar refractivity (Wildman–Crippen MR) is 97.4 cm³/mol. The first-order valence-electron chi connectivity index (χ1n) is 7.47. The van der Waals surface area contributed by atoms with Crippen molar-refractivity contribution in [3.63, 3.8) is 0 Å². The van der Waals surface area contributed by atoms with Gasteiger partial charge in [0.05, 0.1) is 6.04 Å². The van der Waals surface area contributed by atoms with Crippen LogP contribution in [0.5, 0.6) is 0 Å². The largest absolute Gasteiger partial charge is 0.320 e. The molecule has 1 aromatic carbocycles. The second-order valence-electron chi connectivity index (χ2n) is 5.55. The average Bonchev–Trinajstić information content (AvgIpc) is 3.03. The molecule has 1 saturated heterocycles. The smallest absolute Gasteiger partial charge is 0.276 e. The highest BCUT2D eigenvalue weighted by Gasteiger charge is 2.18. The Balaban J connectivity index is 0.00000192. The predicted octanol–water partition coefficient (Wildman–Crippen LogP) is 3.55. The maximum absolute atomic E-state index is 12.4. The van der Waals surface area contributed by atoms with Gasteiger partial charge in [0.1, 0.15) is 0 Å². The van der Waals surface area contributed by atoms with Gasteiger partial charge in [-0.05, 0) is 50.1 Å².